The normalized spacial score (nSPS) is 10.2. The van der Waals surface area contributed by atoms with Crippen molar-refractivity contribution in [2.24, 2.45) is 0 Å². The summed E-state index contributed by atoms with van der Waals surface area (Å²) in [7, 11) is 0. The van der Waals surface area contributed by atoms with Crippen LogP contribution in [0.25, 0.3) is 0 Å². The summed E-state index contributed by atoms with van der Waals surface area (Å²) in [5, 5.41) is 13.5. The molecule has 0 aliphatic heterocycles. The van der Waals surface area contributed by atoms with Crippen LogP contribution in [0.4, 0.5) is 11.4 Å². The number of pyridine rings is 1. The van der Waals surface area contributed by atoms with Crippen LogP contribution >= 0.6 is 0 Å². The number of aromatic nitrogens is 1. The smallest absolute Gasteiger partial charge is 0.338 e. The van der Waals surface area contributed by atoms with Crippen molar-refractivity contribution in [2.45, 2.75) is 20.4 Å². The summed E-state index contributed by atoms with van der Waals surface area (Å²) in [5.41, 5.74) is 0.233. The summed E-state index contributed by atoms with van der Waals surface area (Å²) in [6.45, 7) is 3.03. The molecule has 0 fully saturated rings. The first kappa shape index (κ1) is 18.8. The average molecular weight is 359 g/mol. The molecule has 9 nitrogen and oxygen atoms in total. The Hall–Kier alpha value is -3.49. The topological polar surface area (TPSA) is 121 Å². The lowest BCUT2D eigenvalue weighted by Crippen LogP contribution is -2.27. The molecule has 0 saturated heterocycles. The zero-order valence-corrected chi connectivity index (χ0v) is 14.2. The van der Waals surface area contributed by atoms with Crippen LogP contribution in [0.15, 0.2) is 41.3 Å². The SMILES string of the molecule is CCOC(=O)c1ccc(NC(=O)Cn2cc([N+](=O)[O-])c(C)cc2=O)cc1. The molecule has 0 radical (unpaired) electrons. The molecule has 0 spiro atoms. The zero-order valence-electron chi connectivity index (χ0n) is 14.2. The third kappa shape index (κ3) is 4.53. The second kappa shape index (κ2) is 8.06. The van der Waals surface area contributed by atoms with Crippen LogP contribution in [-0.4, -0.2) is 28.0 Å². The highest BCUT2D eigenvalue weighted by molar-refractivity contribution is 5.93. The maximum Gasteiger partial charge on any atom is 0.338 e. The van der Waals surface area contributed by atoms with E-state index in [0.717, 1.165) is 16.8 Å². The molecule has 1 amide bonds. The van der Waals surface area contributed by atoms with Gasteiger partial charge in [-0.1, -0.05) is 0 Å². The minimum absolute atomic E-state index is 0.228. The van der Waals surface area contributed by atoms with E-state index >= 15 is 0 Å². The molecule has 1 N–H and O–H groups in total. The van der Waals surface area contributed by atoms with Crippen LogP contribution in [0.2, 0.25) is 0 Å². The Bertz CT molecular complexity index is 902. The van der Waals surface area contributed by atoms with Gasteiger partial charge < -0.3 is 10.1 Å². The Morgan fingerprint density at radius 2 is 1.92 bits per heavy atom. The van der Waals surface area contributed by atoms with Gasteiger partial charge in [-0.15, -0.1) is 0 Å². The van der Waals surface area contributed by atoms with Crippen molar-refractivity contribution >= 4 is 23.3 Å². The number of nitro groups is 1. The number of ether oxygens (including phenoxy) is 1. The first-order valence-corrected chi connectivity index (χ1v) is 7.74. The quantitative estimate of drug-likeness (QED) is 0.477. The number of hydrogen-bond acceptors (Lipinski definition) is 6. The molecule has 0 aliphatic rings. The summed E-state index contributed by atoms with van der Waals surface area (Å²) >= 11 is 0. The first-order valence-electron chi connectivity index (χ1n) is 7.74. The van der Waals surface area contributed by atoms with Gasteiger partial charge in [0.2, 0.25) is 5.91 Å². The number of benzene rings is 1. The summed E-state index contributed by atoms with van der Waals surface area (Å²) in [4.78, 5) is 45.9. The van der Waals surface area contributed by atoms with E-state index in [0.29, 0.717) is 11.3 Å². The number of aryl methyl sites for hydroxylation is 1. The minimum Gasteiger partial charge on any atom is -0.462 e. The van der Waals surface area contributed by atoms with E-state index in [2.05, 4.69) is 5.32 Å². The number of carbonyl (C=O) groups excluding carboxylic acids is 2. The van der Waals surface area contributed by atoms with Crippen LogP contribution in [0.1, 0.15) is 22.8 Å². The predicted octanol–water partition coefficient (Wildman–Crippen LogP) is 1.88. The minimum atomic E-state index is -0.614. The lowest BCUT2D eigenvalue weighted by atomic mass is 10.2. The second-order valence-corrected chi connectivity index (χ2v) is 5.41. The van der Waals surface area contributed by atoms with Gasteiger partial charge in [0.1, 0.15) is 6.54 Å². The summed E-state index contributed by atoms with van der Waals surface area (Å²) in [5.74, 6) is -1.00. The Morgan fingerprint density at radius 3 is 2.50 bits per heavy atom. The van der Waals surface area contributed by atoms with Crippen LogP contribution < -0.4 is 10.9 Å². The highest BCUT2D eigenvalue weighted by Gasteiger charge is 2.15. The zero-order chi connectivity index (χ0) is 19.3. The third-order valence-corrected chi connectivity index (χ3v) is 3.50. The van der Waals surface area contributed by atoms with Crippen LogP contribution in [0.3, 0.4) is 0 Å². The highest BCUT2D eigenvalue weighted by Crippen LogP contribution is 2.14. The fraction of sp³-hybridized carbons (Fsp3) is 0.235. The second-order valence-electron chi connectivity index (χ2n) is 5.41. The average Bonchev–Trinajstić information content (AvgIpc) is 2.57. The molecular formula is C17H17N3O6. The molecule has 2 rings (SSSR count). The van der Waals surface area contributed by atoms with E-state index in [-0.39, 0.29) is 24.4 Å². The Kier molecular flexibility index (Phi) is 5.84. The van der Waals surface area contributed by atoms with Crippen molar-refractivity contribution in [3.05, 3.63) is 68.1 Å². The van der Waals surface area contributed by atoms with Gasteiger partial charge in [0.15, 0.2) is 0 Å². The number of nitrogens with one attached hydrogen (secondary N) is 1. The van der Waals surface area contributed by atoms with E-state index in [4.69, 9.17) is 4.74 Å². The van der Waals surface area contributed by atoms with E-state index in [1.165, 1.54) is 31.2 Å². The number of rotatable bonds is 6. The van der Waals surface area contributed by atoms with Gasteiger partial charge in [-0.05, 0) is 38.1 Å². The van der Waals surface area contributed by atoms with Crippen LogP contribution in [-0.2, 0) is 16.1 Å². The molecule has 1 aromatic carbocycles. The predicted molar refractivity (Wildman–Crippen MR) is 93.1 cm³/mol. The molecule has 1 aromatic heterocycles. The van der Waals surface area contributed by atoms with Gasteiger partial charge in [-0.25, -0.2) is 4.79 Å². The number of amides is 1. The highest BCUT2D eigenvalue weighted by atomic mass is 16.6. The Balaban J connectivity index is 2.09. The Morgan fingerprint density at radius 1 is 1.27 bits per heavy atom. The molecule has 136 valence electrons. The fourth-order valence-corrected chi connectivity index (χ4v) is 2.23. The van der Waals surface area contributed by atoms with Gasteiger partial charge >= 0.3 is 5.97 Å². The van der Waals surface area contributed by atoms with Crippen molar-refractivity contribution in [2.75, 3.05) is 11.9 Å². The lowest BCUT2D eigenvalue weighted by molar-refractivity contribution is -0.385. The van der Waals surface area contributed by atoms with Crippen molar-refractivity contribution in [1.82, 2.24) is 4.57 Å². The van der Waals surface area contributed by atoms with E-state index in [1.807, 2.05) is 0 Å². The number of carbonyl (C=O) groups is 2. The largest absolute Gasteiger partial charge is 0.462 e. The Labute approximate surface area is 148 Å². The molecule has 0 bridgehead atoms. The lowest BCUT2D eigenvalue weighted by Gasteiger charge is -2.09. The van der Waals surface area contributed by atoms with Crippen molar-refractivity contribution in [3.63, 3.8) is 0 Å². The van der Waals surface area contributed by atoms with Crippen molar-refractivity contribution in [1.29, 1.82) is 0 Å². The number of hydrogen-bond donors (Lipinski definition) is 1. The first-order chi connectivity index (χ1) is 12.3. The van der Waals surface area contributed by atoms with E-state index in [1.54, 1.807) is 6.92 Å². The summed E-state index contributed by atoms with van der Waals surface area (Å²) in [6, 6.07) is 7.14. The maximum absolute atomic E-state index is 12.1. The third-order valence-electron chi connectivity index (χ3n) is 3.50. The maximum atomic E-state index is 12.1. The van der Waals surface area contributed by atoms with Crippen LogP contribution in [0, 0.1) is 17.0 Å². The molecule has 2 aromatic rings. The van der Waals surface area contributed by atoms with E-state index < -0.39 is 22.4 Å². The summed E-state index contributed by atoms with van der Waals surface area (Å²) in [6.07, 6.45) is 1.04. The standard InChI is InChI=1S/C17H17N3O6/c1-3-26-17(23)12-4-6-13(7-5-12)18-15(21)10-19-9-14(20(24)25)11(2)8-16(19)22/h4-9H,3,10H2,1-2H3,(H,18,21). The van der Waals surface area contributed by atoms with Gasteiger partial charge in [0.25, 0.3) is 11.2 Å². The molecule has 0 atom stereocenters. The van der Waals surface area contributed by atoms with Gasteiger partial charge in [-0.2, -0.15) is 0 Å². The molecule has 26 heavy (non-hydrogen) atoms. The molecule has 0 aliphatic carbocycles. The molecule has 9 heteroatoms. The van der Waals surface area contributed by atoms with Gasteiger partial charge in [-0.3, -0.25) is 24.3 Å². The molecule has 0 saturated carbocycles. The van der Waals surface area contributed by atoms with E-state index in [9.17, 15) is 24.5 Å². The van der Waals surface area contributed by atoms with Gasteiger partial charge in [0, 0.05) is 17.3 Å². The van der Waals surface area contributed by atoms with Gasteiger partial charge in [0.05, 0.1) is 23.3 Å². The van der Waals surface area contributed by atoms with Crippen molar-refractivity contribution < 1.29 is 19.2 Å². The summed E-state index contributed by atoms with van der Waals surface area (Å²) < 4.78 is 5.83. The number of anilines is 1. The molecule has 1 heterocycles. The van der Waals surface area contributed by atoms with Crippen molar-refractivity contribution in [3.8, 4) is 0 Å². The monoisotopic (exact) mass is 359 g/mol. The number of esters is 1. The fourth-order valence-electron chi connectivity index (χ4n) is 2.23. The molecule has 0 unspecified atom stereocenters. The van der Waals surface area contributed by atoms with Crippen LogP contribution in [0.5, 0.6) is 0 Å². The number of nitrogens with zero attached hydrogens (tertiary/aromatic N) is 2. The molecular weight excluding hydrogens is 342 g/mol.